The van der Waals surface area contributed by atoms with Crippen LogP contribution in [0.25, 0.3) is 0 Å². The minimum Gasteiger partial charge on any atom is -0.376 e. The third-order valence-electron chi connectivity index (χ3n) is 5.57. The van der Waals surface area contributed by atoms with E-state index in [4.69, 9.17) is 4.74 Å². The highest BCUT2D eigenvalue weighted by Gasteiger charge is 2.41. The van der Waals surface area contributed by atoms with Crippen molar-refractivity contribution < 1.29 is 9.53 Å². The molecule has 2 heterocycles. The summed E-state index contributed by atoms with van der Waals surface area (Å²) in [6.45, 7) is 4.82. The van der Waals surface area contributed by atoms with Gasteiger partial charge in [0.05, 0.1) is 12.7 Å². The zero-order chi connectivity index (χ0) is 15.6. The smallest absolute Gasteiger partial charge is 0.223 e. The monoisotopic (exact) mass is 314 g/mol. The first-order chi connectivity index (χ1) is 11.3. The number of hydrogen-bond acceptors (Lipinski definition) is 3. The molecule has 2 aliphatic heterocycles. The SMILES string of the molecule is O=C(NC[C@H]1OC[C@@H]2CCN(Cc3ccccc3)C[C@@H]21)C1CC1. The summed E-state index contributed by atoms with van der Waals surface area (Å²) in [4.78, 5) is 14.4. The normalized spacial score (nSPS) is 30.9. The minimum absolute atomic E-state index is 0.196. The van der Waals surface area contributed by atoms with Gasteiger partial charge in [-0.1, -0.05) is 30.3 Å². The number of fused-ring (bicyclic) bond motifs is 1. The molecular formula is C19H26N2O2. The van der Waals surface area contributed by atoms with Crippen molar-refractivity contribution in [1.29, 1.82) is 0 Å². The fourth-order valence-corrected chi connectivity index (χ4v) is 3.99. The molecule has 0 spiro atoms. The molecule has 3 atom stereocenters. The van der Waals surface area contributed by atoms with Crippen LogP contribution in [0.2, 0.25) is 0 Å². The highest BCUT2D eigenvalue weighted by Crippen LogP contribution is 2.35. The number of ether oxygens (including phenoxy) is 1. The summed E-state index contributed by atoms with van der Waals surface area (Å²) in [5, 5.41) is 3.10. The molecule has 3 fully saturated rings. The van der Waals surface area contributed by atoms with Gasteiger partial charge in [0.2, 0.25) is 5.91 Å². The van der Waals surface area contributed by atoms with Gasteiger partial charge >= 0.3 is 0 Å². The Kier molecular flexibility index (Phi) is 4.36. The van der Waals surface area contributed by atoms with E-state index in [1.807, 2.05) is 0 Å². The van der Waals surface area contributed by atoms with Crippen molar-refractivity contribution >= 4 is 5.91 Å². The second kappa shape index (κ2) is 6.62. The quantitative estimate of drug-likeness (QED) is 0.904. The Bertz CT molecular complexity index is 544. The molecule has 2 saturated heterocycles. The van der Waals surface area contributed by atoms with E-state index >= 15 is 0 Å². The lowest BCUT2D eigenvalue weighted by atomic mass is 9.84. The lowest BCUT2D eigenvalue weighted by Crippen LogP contribution is -2.45. The fraction of sp³-hybridized carbons (Fsp3) is 0.632. The Hall–Kier alpha value is -1.39. The molecule has 1 N–H and O–H groups in total. The van der Waals surface area contributed by atoms with E-state index in [1.54, 1.807) is 0 Å². The van der Waals surface area contributed by atoms with Crippen molar-refractivity contribution in [2.45, 2.75) is 31.9 Å². The van der Waals surface area contributed by atoms with Crippen LogP contribution in [0.15, 0.2) is 30.3 Å². The van der Waals surface area contributed by atoms with Gasteiger partial charge in [-0.05, 0) is 37.3 Å². The minimum atomic E-state index is 0.196. The molecule has 4 nitrogen and oxygen atoms in total. The van der Waals surface area contributed by atoms with Gasteiger partial charge in [0, 0.05) is 31.5 Å². The van der Waals surface area contributed by atoms with Gasteiger partial charge in [-0.2, -0.15) is 0 Å². The van der Waals surface area contributed by atoms with Gasteiger partial charge in [0.15, 0.2) is 0 Å². The van der Waals surface area contributed by atoms with Gasteiger partial charge in [-0.25, -0.2) is 0 Å². The van der Waals surface area contributed by atoms with Crippen LogP contribution in [0.1, 0.15) is 24.8 Å². The zero-order valence-electron chi connectivity index (χ0n) is 13.6. The van der Waals surface area contributed by atoms with Crippen molar-refractivity contribution in [3.8, 4) is 0 Å². The van der Waals surface area contributed by atoms with Crippen LogP contribution >= 0.6 is 0 Å². The van der Waals surface area contributed by atoms with E-state index in [-0.39, 0.29) is 17.9 Å². The molecule has 124 valence electrons. The Morgan fingerprint density at radius 2 is 2.04 bits per heavy atom. The summed E-state index contributed by atoms with van der Waals surface area (Å²) in [5.41, 5.74) is 1.38. The molecule has 1 saturated carbocycles. The summed E-state index contributed by atoms with van der Waals surface area (Å²) in [7, 11) is 0. The van der Waals surface area contributed by atoms with Crippen LogP contribution in [0, 0.1) is 17.8 Å². The molecule has 0 radical (unpaired) electrons. The van der Waals surface area contributed by atoms with Crippen LogP contribution in [-0.2, 0) is 16.1 Å². The van der Waals surface area contributed by atoms with E-state index in [0.717, 1.165) is 39.1 Å². The number of nitrogens with one attached hydrogen (secondary N) is 1. The predicted molar refractivity (Wildman–Crippen MR) is 88.8 cm³/mol. The highest BCUT2D eigenvalue weighted by molar-refractivity contribution is 5.80. The maximum absolute atomic E-state index is 11.9. The molecular weight excluding hydrogens is 288 g/mol. The molecule has 4 rings (SSSR count). The Morgan fingerprint density at radius 1 is 1.22 bits per heavy atom. The lowest BCUT2D eigenvalue weighted by Gasteiger charge is -2.36. The second-order valence-electron chi connectivity index (χ2n) is 7.32. The molecule has 1 amide bonds. The predicted octanol–water partition coefficient (Wildman–Crippen LogP) is 2.05. The summed E-state index contributed by atoms with van der Waals surface area (Å²) < 4.78 is 6.01. The Morgan fingerprint density at radius 3 is 2.83 bits per heavy atom. The lowest BCUT2D eigenvalue weighted by molar-refractivity contribution is -0.122. The number of piperidine rings is 1. The summed E-state index contributed by atoms with van der Waals surface area (Å²) >= 11 is 0. The number of carbonyl (C=O) groups is 1. The van der Waals surface area contributed by atoms with E-state index in [0.29, 0.717) is 18.4 Å². The number of benzene rings is 1. The Balaban J connectivity index is 1.32. The number of carbonyl (C=O) groups excluding carboxylic acids is 1. The second-order valence-corrected chi connectivity index (χ2v) is 7.32. The molecule has 4 heteroatoms. The number of hydrogen-bond donors (Lipinski definition) is 1. The molecule has 23 heavy (non-hydrogen) atoms. The summed E-state index contributed by atoms with van der Waals surface area (Å²) in [6, 6.07) is 10.7. The standard InChI is InChI=1S/C19H26N2O2/c22-19(15-6-7-15)20-10-18-17-12-21(9-8-16(17)13-23-18)11-14-4-2-1-3-5-14/h1-5,15-18H,6-13H2,(H,20,22)/t16-,17-,18+/m0/s1. The third-order valence-corrected chi connectivity index (χ3v) is 5.57. The van der Waals surface area contributed by atoms with Gasteiger partial charge in [-0.15, -0.1) is 0 Å². The van der Waals surface area contributed by atoms with E-state index in [1.165, 1.54) is 12.0 Å². The molecule has 3 aliphatic rings. The first kappa shape index (κ1) is 15.2. The topological polar surface area (TPSA) is 41.6 Å². The summed E-state index contributed by atoms with van der Waals surface area (Å²) in [5.74, 6) is 1.75. The fourth-order valence-electron chi connectivity index (χ4n) is 3.99. The van der Waals surface area contributed by atoms with E-state index in [2.05, 4.69) is 40.5 Å². The maximum Gasteiger partial charge on any atom is 0.223 e. The van der Waals surface area contributed by atoms with Crippen LogP contribution in [-0.4, -0.2) is 43.2 Å². The van der Waals surface area contributed by atoms with Crippen LogP contribution < -0.4 is 5.32 Å². The average Bonchev–Trinajstić information content (AvgIpc) is 3.35. The first-order valence-electron chi connectivity index (χ1n) is 8.95. The van der Waals surface area contributed by atoms with Crippen molar-refractivity contribution in [3.05, 3.63) is 35.9 Å². The zero-order valence-corrected chi connectivity index (χ0v) is 13.6. The molecule has 0 bridgehead atoms. The van der Waals surface area contributed by atoms with Gasteiger partial charge in [-0.3, -0.25) is 9.69 Å². The van der Waals surface area contributed by atoms with Crippen LogP contribution in [0.4, 0.5) is 0 Å². The van der Waals surface area contributed by atoms with Crippen molar-refractivity contribution in [3.63, 3.8) is 0 Å². The van der Waals surface area contributed by atoms with Crippen LogP contribution in [0.3, 0.4) is 0 Å². The number of likely N-dealkylation sites (tertiary alicyclic amines) is 1. The number of amides is 1. The average molecular weight is 314 g/mol. The van der Waals surface area contributed by atoms with Crippen molar-refractivity contribution in [2.75, 3.05) is 26.2 Å². The van der Waals surface area contributed by atoms with Crippen molar-refractivity contribution in [2.24, 2.45) is 17.8 Å². The number of rotatable bonds is 5. The van der Waals surface area contributed by atoms with Gasteiger partial charge in [0.1, 0.15) is 0 Å². The van der Waals surface area contributed by atoms with Gasteiger partial charge < -0.3 is 10.1 Å². The third kappa shape index (κ3) is 3.59. The Labute approximate surface area is 138 Å². The van der Waals surface area contributed by atoms with Crippen LogP contribution in [0.5, 0.6) is 0 Å². The maximum atomic E-state index is 11.9. The molecule has 1 aromatic carbocycles. The molecule has 1 aromatic rings. The molecule has 0 aromatic heterocycles. The first-order valence-corrected chi connectivity index (χ1v) is 8.95. The van der Waals surface area contributed by atoms with E-state index < -0.39 is 0 Å². The number of nitrogens with zero attached hydrogens (tertiary/aromatic N) is 1. The molecule has 1 aliphatic carbocycles. The highest BCUT2D eigenvalue weighted by atomic mass is 16.5. The largest absolute Gasteiger partial charge is 0.376 e. The van der Waals surface area contributed by atoms with Gasteiger partial charge in [0.25, 0.3) is 0 Å². The molecule has 0 unspecified atom stereocenters. The van der Waals surface area contributed by atoms with Crippen molar-refractivity contribution in [1.82, 2.24) is 10.2 Å². The summed E-state index contributed by atoms with van der Waals surface area (Å²) in [6.07, 6.45) is 3.54. The van der Waals surface area contributed by atoms with E-state index in [9.17, 15) is 4.79 Å².